The zero-order chi connectivity index (χ0) is 22.9. The second-order valence-corrected chi connectivity index (χ2v) is 8.16. The lowest BCUT2D eigenvalue weighted by Crippen LogP contribution is -2.39. The van der Waals surface area contributed by atoms with Crippen molar-refractivity contribution in [2.24, 2.45) is 5.92 Å². The zero-order valence-corrected chi connectivity index (χ0v) is 18.8. The molecule has 1 aliphatic rings. The number of amides is 2. The van der Waals surface area contributed by atoms with E-state index in [0.717, 1.165) is 36.2 Å². The van der Waals surface area contributed by atoms with Crippen molar-refractivity contribution < 1.29 is 24.2 Å². The lowest BCUT2D eigenvalue weighted by atomic mass is 10.1. The molecule has 1 unspecified atom stereocenters. The van der Waals surface area contributed by atoms with E-state index in [9.17, 15) is 14.7 Å². The summed E-state index contributed by atoms with van der Waals surface area (Å²) < 4.78 is 11.1. The third kappa shape index (κ3) is 7.57. The molecule has 1 saturated carbocycles. The molecule has 3 rings (SSSR count). The van der Waals surface area contributed by atoms with Gasteiger partial charge in [0.15, 0.2) is 6.10 Å². The van der Waals surface area contributed by atoms with Gasteiger partial charge in [-0.2, -0.15) is 0 Å². The van der Waals surface area contributed by atoms with Crippen LogP contribution in [0.1, 0.15) is 30.9 Å². The first-order chi connectivity index (χ1) is 15.4. The van der Waals surface area contributed by atoms with E-state index in [1.54, 1.807) is 6.92 Å². The van der Waals surface area contributed by atoms with Gasteiger partial charge in [-0.3, -0.25) is 0 Å². The smallest absolute Gasteiger partial charge is 0.333 e. The summed E-state index contributed by atoms with van der Waals surface area (Å²) in [7, 11) is 0. The average Bonchev–Trinajstić information content (AvgIpc) is 3.59. The summed E-state index contributed by atoms with van der Waals surface area (Å²) in [6, 6.07) is 15.0. The van der Waals surface area contributed by atoms with Crippen LogP contribution in [0.2, 0.25) is 0 Å². The van der Waals surface area contributed by atoms with Gasteiger partial charge in [0.2, 0.25) is 0 Å². The third-order valence-electron chi connectivity index (χ3n) is 5.38. The summed E-state index contributed by atoms with van der Waals surface area (Å²) in [6.45, 7) is 5.74. The van der Waals surface area contributed by atoms with Crippen molar-refractivity contribution in [1.82, 2.24) is 4.90 Å². The minimum absolute atomic E-state index is 0.115. The minimum atomic E-state index is -0.966. The average molecular weight is 441 g/mol. The van der Waals surface area contributed by atoms with E-state index in [0.29, 0.717) is 37.8 Å². The van der Waals surface area contributed by atoms with Crippen LogP contribution in [0.3, 0.4) is 0 Å². The van der Waals surface area contributed by atoms with Crippen LogP contribution in [0.5, 0.6) is 5.75 Å². The molecule has 172 valence electrons. The standard InChI is InChI=1S/C25H32N2O5/c1-3-31-23(24(28)29)16-19-8-12-22(13-9-19)32-15-14-27(17-20-6-7-20)25(30)26-21-10-4-18(2)5-11-21/h4-5,8-13,20,23H,3,6-7,14-17H2,1-2H3,(H,26,30)(H,28,29). The van der Waals surface area contributed by atoms with Gasteiger partial charge < -0.3 is 24.8 Å². The number of hydrogen-bond acceptors (Lipinski definition) is 4. The first-order valence-corrected chi connectivity index (χ1v) is 11.1. The van der Waals surface area contributed by atoms with Crippen molar-refractivity contribution in [1.29, 1.82) is 0 Å². The van der Waals surface area contributed by atoms with Crippen molar-refractivity contribution in [2.75, 3.05) is 31.6 Å². The van der Waals surface area contributed by atoms with Gasteiger partial charge in [0.25, 0.3) is 0 Å². The Morgan fingerprint density at radius 3 is 2.41 bits per heavy atom. The normalized spacial score (nSPS) is 13.9. The van der Waals surface area contributed by atoms with E-state index in [2.05, 4.69) is 5.32 Å². The first kappa shape index (κ1) is 23.6. The van der Waals surface area contributed by atoms with Crippen LogP contribution >= 0.6 is 0 Å². The monoisotopic (exact) mass is 440 g/mol. The number of carboxylic acid groups (broad SMARTS) is 1. The molecule has 0 heterocycles. The van der Waals surface area contributed by atoms with Gasteiger partial charge >= 0.3 is 12.0 Å². The van der Waals surface area contributed by atoms with Gasteiger partial charge in [0.1, 0.15) is 12.4 Å². The number of urea groups is 1. The number of carboxylic acids is 1. The molecule has 1 atom stereocenters. The van der Waals surface area contributed by atoms with Crippen LogP contribution in [0.4, 0.5) is 10.5 Å². The van der Waals surface area contributed by atoms with Crippen molar-refractivity contribution in [2.45, 2.75) is 39.2 Å². The zero-order valence-electron chi connectivity index (χ0n) is 18.8. The molecule has 7 nitrogen and oxygen atoms in total. The molecule has 1 aliphatic carbocycles. The maximum atomic E-state index is 12.8. The van der Waals surface area contributed by atoms with E-state index in [-0.39, 0.29) is 6.03 Å². The summed E-state index contributed by atoms with van der Waals surface area (Å²) in [5.41, 5.74) is 2.80. The van der Waals surface area contributed by atoms with Crippen LogP contribution in [-0.2, 0) is 16.0 Å². The fourth-order valence-electron chi connectivity index (χ4n) is 3.36. The molecule has 0 aliphatic heterocycles. The van der Waals surface area contributed by atoms with Gasteiger partial charge in [0, 0.05) is 25.3 Å². The third-order valence-corrected chi connectivity index (χ3v) is 5.38. The largest absolute Gasteiger partial charge is 0.492 e. The Balaban J connectivity index is 1.50. The highest BCUT2D eigenvalue weighted by atomic mass is 16.5. The Bertz CT molecular complexity index is 878. The number of aryl methyl sites for hydroxylation is 1. The van der Waals surface area contributed by atoms with E-state index < -0.39 is 12.1 Å². The highest BCUT2D eigenvalue weighted by molar-refractivity contribution is 5.89. The van der Waals surface area contributed by atoms with E-state index in [1.165, 1.54) is 0 Å². The molecule has 0 spiro atoms. The van der Waals surface area contributed by atoms with Crippen LogP contribution in [0.15, 0.2) is 48.5 Å². The molecule has 2 amide bonds. The minimum Gasteiger partial charge on any atom is -0.492 e. The van der Waals surface area contributed by atoms with Gasteiger partial charge in [-0.15, -0.1) is 0 Å². The second kappa shape index (κ2) is 11.5. The summed E-state index contributed by atoms with van der Waals surface area (Å²) in [5, 5.41) is 12.2. The molecule has 2 aromatic rings. The Kier molecular flexibility index (Phi) is 8.50. The summed E-state index contributed by atoms with van der Waals surface area (Å²) in [6.07, 6.45) is 1.78. The van der Waals surface area contributed by atoms with Gasteiger partial charge in [-0.25, -0.2) is 9.59 Å². The van der Waals surface area contributed by atoms with Crippen LogP contribution in [0, 0.1) is 12.8 Å². The van der Waals surface area contributed by atoms with Crippen molar-refractivity contribution in [3.8, 4) is 5.75 Å². The van der Waals surface area contributed by atoms with E-state index >= 15 is 0 Å². The highest BCUT2D eigenvalue weighted by Crippen LogP contribution is 2.30. The predicted molar refractivity (Wildman–Crippen MR) is 123 cm³/mol. The number of benzene rings is 2. The SMILES string of the molecule is CCOC(Cc1ccc(OCCN(CC2CC2)C(=O)Nc2ccc(C)cc2)cc1)C(=O)O. The molecule has 0 bridgehead atoms. The fourth-order valence-corrected chi connectivity index (χ4v) is 3.36. The molecular weight excluding hydrogens is 408 g/mol. The Hall–Kier alpha value is -3.06. The fraction of sp³-hybridized carbons (Fsp3) is 0.440. The quantitative estimate of drug-likeness (QED) is 0.512. The number of nitrogens with one attached hydrogen (secondary N) is 1. The summed E-state index contributed by atoms with van der Waals surface area (Å²) in [5.74, 6) is 0.291. The maximum Gasteiger partial charge on any atom is 0.333 e. The molecule has 7 heteroatoms. The number of aliphatic carboxylic acids is 1. The number of carbonyl (C=O) groups excluding carboxylic acids is 1. The number of rotatable bonds is 12. The number of nitrogens with zero attached hydrogens (tertiary/aromatic N) is 1. The first-order valence-electron chi connectivity index (χ1n) is 11.1. The number of carbonyl (C=O) groups is 2. The Labute approximate surface area is 189 Å². The molecule has 0 saturated heterocycles. The van der Waals surface area contributed by atoms with Gasteiger partial charge in [-0.05, 0) is 62.4 Å². The number of anilines is 1. The molecule has 2 aromatic carbocycles. The van der Waals surface area contributed by atoms with E-state index in [4.69, 9.17) is 9.47 Å². The Morgan fingerprint density at radius 1 is 1.12 bits per heavy atom. The van der Waals surface area contributed by atoms with Gasteiger partial charge in [0.05, 0.1) is 6.54 Å². The summed E-state index contributed by atoms with van der Waals surface area (Å²) in [4.78, 5) is 25.8. The summed E-state index contributed by atoms with van der Waals surface area (Å²) >= 11 is 0. The van der Waals surface area contributed by atoms with Crippen LogP contribution in [0.25, 0.3) is 0 Å². The maximum absolute atomic E-state index is 12.8. The van der Waals surface area contributed by atoms with Crippen molar-refractivity contribution in [3.63, 3.8) is 0 Å². The molecule has 0 aromatic heterocycles. The second-order valence-electron chi connectivity index (χ2n) is 8.16. The molecule has 0 radical (unpaired) electrons. The van der Waals surface area contributed by atoms with Crippen LogP contribution in [-0.4, -0.2) is 54.4 Å². The molecule has 32 heavy (non-hydrogen) atoms. The lowest BCUT2D eigenvalue weighted by molar-refractivity contribution is -0.149. The predicted octanol–water partition coefficient (Wildman–Crippen LogP) is 4.35. The Morgan fingerprint density at radius 2 is 1.81 bits per heavy atom. The highest BCUT2D eigenvalue weighted by Gasteiger charge is 2.27. The molecular formula is C25H32N2O5. The van der Waals surface area contributed by atoms with Crippen molar-refractivity contribution in [3.05, 3.63) is 59.7 Å². The lowest BCUT2D eigenvalue weighted by Gasteiger charge is -2.23. The van der Waals surface area contributed by atoms with Crippen LogP contribution < -0.4 is 10.1 Å². The van der Waals surface area contributed by atoms with Gasteiger partial charge in [-0.1, -0.05) is 29.8 Å². The topological polar surface area (TPSA) is 88.1 Å². The number of hydrogen-bond donors (Lipinski definition) is 2. The molecule has 2 N–H and O–H groups in total. The number of ether oxygens (including phenoxy) is 2. The van der Waals surface area contributed by atoms with E-state index in [1.807, 2.05) is 60.4 Å². The van der Waals surface area contributed by atoms with Crippen molar-refractivity contribution >= 4 is 17.7 Å². The molecule has 1 fully saturated rings.